The number of rotatable bonds is 4. The van der Waals surface area contributed by atoms with E-state index >= 15 is 0 Å². The number of hydrogen-bond acceptors (Lipinski definition) is 6. The average molecular weight is 326 g/mol. The van der Waals surface area contributed by atoms with Crippen molar-refractivity contribution in [3.05, 3.63) is 30.5 Å². The highest BCUT2D eigenvalue weighted by molar-refractivity contribution is 5.61. The van der Waals surface area contributed by atoms with E-state index in [4.69, 9.17) is 0 Å². The molecule has 1 aliphatic heterocycles. The van der Waals surface area contributed by atoms with Gasteiger partial charge in [-0.3, -0.25) is 0 Å². The number of aromatic nitrogens is 3. The predicted molar refractivity (Wildman–Crippen MR) is 99.0 cm³/mol. The van der Waals surface area contributed by atoms with Crippen LogP contribution in [0.1, 0.15) is 40.0 Å². The Kier molecular flexibility index (Phi) is 4.83. The lowest BCUT2D eigenvalue weighted by molar-refractivity contribution is 0.578. The van der Waals surface area contributed by atoms with Gasteiger partial charge in [0.1, 0.15) is 0 Å². The topological polar surface area (TPSA) is 66.0 Å². The van der Waals surface area contributed by atoms with Crippen LogP contribution in [0.5, 0.6) is 0 Å². The molecule has 3 rings (SSSR count). The average Bonchev–Trinajstić information content (AvgIpc) is 2.55. The molecule has 24 heavy (non-hydrogen) atoms. The van der Waals surface area contributed by atoms with Gasteiger partial charge in [-0.2, -0.15) is 10.1 Å². The second kappa shape index (κ2) is 7.03. The fourth-order valence-corrected chi connectivity index (χ4v) is 2.81. The van der Waals surface area contributed by atoms with Crippen molar-refractivity contribution in [3.8, 4) is 0 Å². The van der Waals surface area contributed by atoms with Crippen LogP contribution >= 0.6 is 0 Å². The highest BCUT2D eigenvalue weighted by Gasteiger charge is 2.13. The van der Waals surface area contributed by atoms with E-state index < -0.39 is 0 Å². The summed E-state index contributed by atoms with van der Waals surface area (Å²) in [4.78, 5) is 6.91. The van der Waals surface area contributed by atoms with Crippen LogP contribution in [0.25, 0.3) is 0 Å². The molecule has 1 aromatic heterocycles. The van der Waals surface area contributed by atoms with E-state index in [-0.39, 0.29) is 5.54 Å². The molecule has 0 aliphatic carbocycles. The summed E-state index contributed by atoms with van der Waals surface area (Å²) in [6.45, 7) is 8.51. The Bertz CT molecular complexity index is 656. The Balaban J connectivity index is 1.66. The third kappa shape index (κ3) is 4.57. The van der Waals surface area contributed by atoms with Gasteiger partial charge in [-0.25, -0.2) is 0 Å². The fraction of sp³-hybridized carbons (Fsp3) is 0.500. The number of piperidine rings is 1. The number of nitrogens with zero attached hydrogens (tertiary/aromatic N) is 4. The zero-order valence-corrected chi connectivity index (χ0v) is 14.7. The van der Waals surface area contributed by atoms with Gasteiger partial charge < -0.3 is 15.5 Å². The minimum atomic E-state index is -0.101. The summed E-state index contributed by atoms with van der Waals surface area (Å²) in [7, 11) is 0. The van der Waals surface area contributed by atoms with Crippen LogP contribution in [0.3, 0.4) is 0 Å². The van der Waals surface area contributed by atoms with Gasteiger partial charge in [0.25, 0.3) is 0 Å². The maximum Gasteiger partial charge on any atom is 0.245 e. The van der Waals surface area contributed by atoms with Crippen LogP contribution in [0.2, 0.25) is 0 Å². The number of nitrogens with one attached hydrogen (secondary N) is 2. The molecular weight excluding hydrogens is 300 g/mol. The molecule has 2 N–H and O–H groups in total. The van der Waals surface area contributed by atoms with Crippen LogP contribution in [-0.2, 0) is 0 Å². The second-order valence-corrected chi connectivity index (χ2v) is 7.26. The maximum atomic E-state index is 4.46. The molecule has 0 spiro atoms. The zero-order valence-electron chi connectivity index (χ0n) is 14.7. The van der Waals surface area contributed by atoms with Crippen molar-refractivity contribution in [1.82, 2.24) is 15.2 Å². The van der Waals surface area contributed by atoms with Crippen molar-refractivity contribution in [2.75, 3.05) is 28.6 Å². The molecule has 1 aromatic carbocycles. The van der Waals surface area contributed by atoms with Gasteiger partial charge in [0, 0.05) is 30.0 Å². The van der Waals surface area contributed by atoms with E-state index in [0.717, 1.165) is 18.8 Å². The van der Waals surface area contributed by atoms with Gasteiger partial charge >= 0.3 is 0 Å². The Morgan fingerprint density at radius 2 is 1.71 bits per heavy atom. The summed E-state index contributed by atoms with van der Waals surface area (Å²) in [6, 6.07) is 8.50. The molecule has 0 amide bonds. The van der Waals surface area contributed by atoms with Crippen molar-refractivity contribution in [2.45, 2.75) is 45.6 Å². The smallest absolute Gasteiger partial charge is 0.245 e. The first-order valence-electron chi connectivity index (χ1n) is 8.60. The normalized spacial score (nSPS) is 15.2. The highest BCUT2D eigenvalue weighted by atomic mass is 15.3. The van der Waals surface area contributed by atoms with Crippen molar-refractivity contribution in [1.29, 1.82) is 0 Å². The number of anilines is 4. The fourth-order valence-electron chi connectivity index (χ4n) is 2.81. The van der Waals surface area contributed by atoms with Crippen LogP contribution in [-0.4, -0.2) is 33.8 Å². The van der Waals surface area contributed by atoms with Crippen LogP contribution in [0.4, 0.5) is 23.1 Å². The lowest BCUT2D eigenvalue weighted by atomic mass is 10.1. The monoisotopic (exact) mass is 326 g/mol. The maximum absolute atomic E-state index is 4.46. The molecule has 0 atom stereocenters. The van der Waals surface area contributed by atoms with Crippen LogP contribution in [0, 0.1) is 0 Å². The molecule has 1 saturated heterocycles. The third-order valence-electron chi connectivity index (χ3n) is 3.91. The van der Waals surface area contributed by atoms with E-state index in [0.29, 0.717) is 11.8 Å². The van der Waals surface area contributed by atoms with Gasteiger partial charge in [0.2, 0.25) is 5.95 Å². The van der Waals surface area contributed by atoms with Gasteiger partial charge in [-0.1, -0.05) is 0 Å². The summed E-state index contributed by atoms with van der Waals surface area (Å²) in [5.74, 6) is 1.21. The molecule has 1 aliphatic rings. The highest BCUT2D eigenvalue weighted by Crippen LogP contribution is 2.23. The van der Waals surface area contributed by atoms with E-state index in [9.17, 15) is 0 Å². The lowest BCUT2D eigenvalue weighted by Crippen LogP contribution is -2.29. The Labute approximate surface area is 143 Å². The molecule has 0 radical (unpaired) electrons. The summed E-state index contributed by atoms with van der Waals surface area (Å²) in [6.07, 6.45) is 5.56. The largest absolute Gasteiger partial charge is 0.372 e. The Morgan fingerprint density at radius 1 is 1.00 bits per heavy atom. The zero-order chi connectivity index (χ0) is 17.0. The van der Waals surface area contributed by atoms with Crippen molar-refractivity contribution in [2.24, 2.45) is 0 Å². The summed E-state index contributed by atoms with van der Waals surface area (Å²) < 4.78 is 0. The van der Waals surface area contributed by atoms with Crippen molar-refractivity contribution >= 4 is 23.1 Å². The molecule has 1 fully saturated rings. The molecule has 0 unspecified atom stereocenters. The molecule has 128 valence electrons. The van der Waals surface area contributed by atoms with Crippen LogP contribution in [0.15, 0.2) is 30.5 Å². The Hall–Kier alpha value is -2.37. The first kappa shape index (κ1) is 16.5. The lowest BCUT2D eigenvalue weighted by Gasteiger charge is -2.28. The first-order chi connectivity index (χ1) is 11.5. The van der Waals surface area contributed by atoms with Crippen molar-refractivity contribution in [3.63, 3.8) is 0 Å². The summed E-state index contributed by atoms with van der Waals surface area (Å²) in [5, 5.41) is 14.5. The Morgan fingerprint density at radius 3 is 2.38 bits per heavy atom. The van der Waals surface area contributed by atoms with E-state index in [2.05, 4.69) is 75.8 Å². The summed E-state index contributed by atoms with van der Waals surface area (Å²) >= 11 is 0. The number of benzene rings is 1. The molecule has 2 heterocycles. The molecule has 6 nitrogen and oxygen atoms in total. The minimum Gasteiger partial charge on any atom is -0.372 e. The van der Waals surface area contributed by atoms with Gasteiger partial charge in [-0.05, 0) is 64.3 Å². The van der Waals surface area contributed by atoms with Gasteiger partial charge in [0.15, 0.2) is 5.82 Å². The molecule has 2 aromatic rings. The standard InChI is InChI=1S/C18H26N6/c1-18(2,3)22-17-21-16(13-19-23-17)20-14-7-9-15(10-8-14)24-11-5-4-6-12-24/h7-10,13H,4-6,11-12H2,1-3H3,(H2,20,21,22,23). The minimum absolute atomic E-state index is 0.101. The first-order valence-corrected chi connectivity index (χ1v) is 8.60. The van der Waals surface area contributed by atoms with E-state index in [1.807, 2.05) is 0 Å². The summed E-state index contributed by atoms with van der Waals surface area (Å²) in [5.41, 5.74) is 2.19. The van der Waals surface area contributed by atoms with Gasteiger partial charge in [-0.15, -0.1) is 5.10 Å². The van der Waals surface area contributed by atoms with Crippen molar-refractivity contribution < 1.29 is 0 Å². The second-order valence-electron chi connectivity index (χ2n) is 7.26. The quantitative estimate of drug-likeness (QED) is 0.890. The van der Waals surface area contributed by atoms with E-state index in [1.54, 1.807) is 6.20 Å². The third-order valence-corrected chi connectivity index (χ3v) is 3.91. The molecular formula is C18H26N6. The van der Waals surface area contributed by atoms with E-state index in [1.165, 1.54) is 24.9 Å². The number of hydrogen-bond donors (Lipinski definition) is 2. The molecule has 0 saturated carbocycles. The predicted octanol–water partition coefficient (Wildman–Crippen LogP) is 3.82. The van der Waals surface area contributed by atoms with Gasteiger partial charge in [0.05, 0.1) is 6.20 Å². The van der Waals surface area contributed by atoms with Crippen LogP contribution < -0.4 is 15.5 Å². The SMILES string of the molecule is CC(C)(C)Nc1nncc(Nc2ccc(N3CCCCC3)cc2)n1. The molecule has 0 bridgehead atoms. The molecule has 6 heteroatoms.